The molecule has 1 saturated carbocycles. The molecular formula is C25H35N3O. The summed E-state index contributed by atoms with van der Waals surface area (Å²) in [5.74, 6) is 0.350. The van der Waals surface area contributed by atoms with E-state index < -0.39 is 0 Å². The molecule has 2 amide bonds. The molecule has 0 aromatic heterocycles. The zero-order valence-corrected chi connectivity index (χ0v) is 17.5. The summed E-state index contributed by atoms with van der Waals surface area (Å²) in [7, 11) is 0. The van der Waals surface area contributed by atoms with Gasteiger partial charge in [-0.25, -0.2) is 4.79 Å². The molecule has 2 N–H and O–H groups in total. The third-order valence-corrected chi connectivity index (χ3v) is 7.08. The van der Waals surface area contributed by atoms with Gasteiger partial charge in [0.15, 0.2) is 0 Å². The Hall–Kier alpha value is -2.23. The van der Waals surface area contributed by atoms with Gasteiger partial charge in [0.1, 0.15) is 0 Å². The van der Waals surface area contributed by atoms with Crippen LogP contribution in [0.2, 0.25) is 0 Å². The molecule has 1 aliphatic heterocycles. The highest BCUT2D eigenvalue weighted by atomic mass is 16.2. The normalized spacial score (nSPS) is 23.4. The van der Waals surface area contributed by atoms with Crippen LogP contribution in [0.4, 0.5) is 4.79 Å². The standard InChI is InChI=1S/C25H35N3O/c1-3-23-14-9-15-28(23)18(2)24(21-16-19-10-7-8-11-20(19)17-21)27-25(29)26-22-12-5-4-6-13-22/h3,7-8,10-11,21-24H,1-2,4-6,9,12-17H2,(H2,26,27,29). The number of rotatable bonds is 6. The minimum atomic E-state index is -0.0495. The Balaban J connectivity index is 1.48. The first-order chi connectivity index (χ1) is 14.2. The van der Waals surface area contributed by atoms with E-state index in [-0.39, 0.29) is 12.1 Å². The van der Waals surface area contributed by atoms with Crippen molar-refractivity contribution in [1.29, 1.82) is 0 Å². The van der Waals surface area contributed by atoms with Gasteiger partial charge in [-0.3, -0.25) is 0 Å². The van der Waals surface area contributed by atoms with Crippen LogP contribution < -0.4 is 10.6 Å². The smallest absolute Gasteiger partial charge is 0.315 e. The van der Waals surface area contributed by atoms with Crippen LogP contribution in [0, 0.1) is 5.92 Å². The maximum absolute atomic E-state index is 12.9. The molecule has 1 aromatic carbocycles. The summed E-state index contributed by atoms with van der Waals surface area (Å²) < 4.78 is 0. The van der Waals surface area contributed by atoms with E-state index in [4.69, 9.17) is 0 Å². The van der Waals surface area contributed by atoms with Crippen molar-refractivity contribution in [1.82, 2.24) is 15.5 Å². The van der Waals surface area contributed by atoms with Gasteiger partial charge in [-0.1, -0.05) is 56.2 Å². The predicted octanol–water partition coefficient (Wildman–Crippen LogP) is 4.57. The van der Waals surface area contributed by atoms with Gasteiger partial charge in [-0.15, -0.1) is 6.58 Å². The van der Waals surface area contributed by atoms with E-state index in [0.29, 0.717) is 18.0 Å². The first-order valence-electron chi connectivity index (χ1n) is 11.4. The van der Waals surface area contributed by atoms with Gasteiger partial charge in [0.25, 0.3) is 0 Å². The second-order valence-corrected chi connectivity index (χ2v) is 9.00. The highest BCUT2D eigenvalue weighted by Crippen LogP contribution is 2.34. The average molecular weight is 394 g/mol. The van der Waals surface area contributed by atoms with E-state index >= 15 is 0 Å². The van der Waals surface area contributed by atoms with Crippen molar-refractivity contribution in [3.05, 3.63) is 60.3 Å². The molecule has 2 unspecified atom stereocenters. The fourth-order valence-corrected chi connectivity index (χ4v) is 5.49. The number of carbonyl (C=O) groups is 1. The minimum Gasteiger partial charge on any atom is -0.367 e. The first-order valence-corrected chi connectivity index (χ1v) is 11.4. The summed E-state index contributed by atoms with van der Waals surface area (Å²) in [5.41, 5.74) is 3.86. The van der Waals surface area contributed by atoms with Crippen LogP contribution in [0.1, 0.15) is 56.1 Å². The van der Waals surface area contributed by atoms with E-state index in [9.17, 15) is 4.79 Å². The molecule has 29 heavy (non-hydrogen) atoms. The summed E-state index contributed by atoms with van der Waals surface area (Å²) >= 11 is 0. The Labute approximate surface area is 175 Å². The van der Waals surface area contributed by atoms with Gasteiger partial charge < -0.3 is 15.5 Å². The molecule has 156 valence electrons. The third kappa shape index (κ3) is 4.52. The first kappa shape index (κ1) is 20.1. The van der Waals surface area contributed by atoms with E-state index in [0.717, 1.165) is 50.8 Å². The molecule has 0 radical (unpaired) electrons. The van der Waals surface area contributed by atoms with E-state index in [2.05, 4.69) is 53.0 Å². The molecule has 1 heterocycles. The number of likely N-dealkylation sites (tertiary alicyclic amines) is 1. The average Bonchev–Trinajstić information content (AvgIpc) is 3.38. The number of benzene rings is 1. The second kappa shape index (κ2) is 9.06. The Morgan fingerprint density at radius 2 is 1.76 bits per heavy atom. The van der Waals surface area contributed by atoms with E-state index in [1.807, 2.05) is 6.08 Å². The number of nitrogens with zero attached hydrogens (tertiary/aromatic N) is 1. The Kier molecular flexibility index (Phi) is 6.27. The molecule has 3 aliphatic rings. The molecule has 4 rings (SSSR count). The van der Waals surface area contributed by atoms with Gasteiger partial charge in [0.05, 0.1) is 6.04 Å². The molecule has 4 heteroatoms. The molecule has 1 aromatic rings. The number of fused-ring (bicyclic) bond motifs is 1. The fraction of sp³-hybridized carbons (Fsp3) is 0.560. The number of urea groups is 1. The summed E-state index contributed by atoms with van der Waals surface area (Å²) in [6.07, 6.45) is 12.2. The molecular weight excluding hydrogens is 358 g/mol. The zero-order valence-electron chi connectivity index (χ0n) is 17.5. The summed E-state index contributed by atoms with van der Waals surface area (Å²) in [6.45, 7) is 9.50. The zero-order chi connectivity index (χ0) is 20.2. The summed E-state index contributed by atoms with van der Waals surface area (Å²) in [6, 6.07) is 9.23. The largest absolute Gasteiger partial charge is 0.367 e. The minimum absolute atomic E-state index is 0.0339. The maximum atomic E-state index is 12.9. The van der Waals surface area contributed by atoms with Crippen LogP contribution in [0.25, 0.3) is 0 Å². The number of carbonyl (C=O) groups excluding carboxylic acids is 1. The molecule has 2 aliphatic carbocycles. The van der Waals surface area contributed by atoms with Gasteiger partial charge in [0.2, 0.25) is 0 Å². The highest BCUT2D eigenvalue weighted by Gasteiger charge is 2.36. The van der Waals surface area contributed by atoms with Crippen molar-refractivity contribution in [2.75, 3.05) is 6.54 Å². The number of amides is 2. The van der Waals surface area contributed by atoms with Crippen LogP contribution in [-0.2, 0) is 12.8 Å². The van der Waals surface area contributed by atoms with Gasteiger partial charge in [0, 0.05) is 24.3 Å². The van der Waals surface area contributed by atoms with E-state index in [1.54, 1.807) is 0 Å². The van der Waals surface area contributed by atoms with Crippen molar-refractivity contribution in [3.63, 3.8) is 0 Å². The molecule has 4 nitrogen and oxygen atoms in total. The predicted molar refractivity (Wildman–Crippen MR) is 119 cm³/mol. The summed E-state index contributed by atoms with van der Waals surface area (Å²) in [5, 5.41) is 6.57. The molecule has 2 fully saturated rings. The van der Waals surface area contributed by atoms with Crippen molar-refractivity contribution in [2.24, 2.45) is 5.92 Å². The van der Waals surface area contributed by atoms with Crippen LogP contribution in [0.15, 0.2) is 49.2 Å². The second-order valence-electron chi connectivity index (χ2n) is 9.00. The van der Waals surface area contributed by atoms with Gasteiger partial charge in [-0.05, 0) is 55.6 Å². The van der Waals surface area contributed by atoms with Crippen molar-refractivity contribution in [2.45, 2.75) is 75.9 Å². The molecule has 2 atom stereocenters. The van der Waals surface area contributed by atoms with Crippen LogP contribution in [0.3, 0.4) is 0 Å². The highest BCUT2D eigenvalue weighted by molar-refractivity contribution is 5.75. The Bertz CT molecular complexity index is 727. The lowest BCUT2D eigenvalue weighted by atomic mass is 9.93. The SMILES string of the molecule is C=CC1CCCN1C(=C)C(NC(=O)NC1CCCCC1)C1Cc2ccccc2C1. The van der Waals surface area contributed by atoms with Gasteiger partial charge >= 0.3 is 6.03 Å². The summed E-state index contributed by atoms with van der Waals surface area (Å²) in [4.78, 5) is 15.3. The number of hydrogen-bond acceptors (Lipinski definition) is 2. The molecule has 1 saturated heterocycles. The monoisotopic (exact) mass is 393 g/mol. The number of nitrogens with one attached hydrogen (secondary N) is 2. The fourth-order valence-electron chi connectivity index (χ4n) is 5.49. The third-order valence-electron chi connectivity index (χ3n) is 7.08. The van der Waals surface area contributed by atoms with Crippen LogP contribution in [-0.4, -0.2) is 35.6 Å². The topological polar surface area (TPSA) is 44.4 Å². The lowest BCUT2D eigenvalue weighted by molar-refractivity contribution is 0.219. The Morgan fingerprint density at radius 3 is 2.41 bits per heavy atom. The lowest BCUT2D eigenvalue weighted by Gasteiger charge is -2.36. The van der Waals surface area contributed by atoms with Crippen molar-refractivity contribution < 1.29 is 4.79 Å². The Morgan fingerprint density at radius 1 is 1.07 bits per heavy atom. The van der Waals surface area contributed by atoms with Crippen LogP contribution >= 0.6 is 0 Å². The molecule has 0 spiro atoms. The lowest BCUT2D eigenvalue weighted by Crippen LogP contribution is -2.52. The van der Waals surface area contributed by atoms with Crippen LogP contribution in [0.5, 0.6) is 0 Å². The van der Waals surface area contributed by atoms with E-state index in [1.165, 1.54) is 30.4 Å². The van der Waals surface area contributed by atoms with Gasteiger partial charge in [-0.2, -0.15) is 0 Å². The van der Waals surface area contributed by atoms with Crippen molar-refractivity contribution in [3.8, 4) is 0 Å². The van der Waals surface area contributed by atoms with Crippen molar-refractivity contribution >= 4 is 6.03 Å². The number of hydrogen-bond donors (Lipinski definition) is 2. The molecule has 0 bridgehead atoms. The quantitative estimate of drug-likeness (QED) is 0.696. The maximum Gasteiger partial charge on any atom is 0.315 e.